The molecule has 0 fully saturated rings. The second kappa shape index (κ2) is 9.69. The molecule has 0 aliphatic rings. The van der Waals surface area contributed by atoms with Crippen molar-refractivity contribution in [2.45, 2.75) is 26.7 Å². The summed E-state index contributed by atoms with van der Waals surface area (Å²) < 4.78 is 7.35. The smallest absolute Gasteiger partial charge is 0.348 e. The number of benzene rings is 2. The molecule has 0 aliphatic carbocycles. The Morgan fingerprint density at radius 2 is 1.85 bits per heavy atom. The highest BCUT2D eigenvalue weighted by Crippen LogP contribution is 2.33. The van der Waals surface area contributed by atoms with Gasteiger partial charge >= 0.3 is 5.97 Å². The number of carbonyl (C=O) groups is 2. The van der Waals surface area contributed by atoms with Crippen LogP contribution in [0.15, 0.2) is 54.6 Å². The average molecular weight is 477 g/mol. The number of aromatic nitrogens is 2. The molecule has 0 bridgehead atoms. The summed E-state index contributed by atoms with van der Waals surface area (Å²) in [4.78, 5) is 33.2. The standard InChI is InChI=1S/C26H28N4O3S/c1-16(2)19-13-9-10-17(3)23(19)28-22(31)15-33-25(32)21-14-20-24(34-21)30(26(27-20)29(4)5)18-11-7-6-8-12-18/h6-14,16H,15H2,1-5H3,(H,28,31). The Morgan fingerprint density at radius 1 is 1.12 bits per heavy atom. The van der Waals surface area contributed by atoms with E-state index >= 15 is 0 Å². The van der Waals surface area contributed by atoms with Gasteiger partial charge in [-0.25, -0.2) is 9.78 Å². The number of hydrogen-bond donors (Lipinski definition) is 1. The van der Waals surface area contributed by atoms with Crippen molar-refractivity contribution in [2.24, 2.45) is 0 Å². The van der Waals surface area contributed by atoms with Crippen LogP contribution in [0.25, 0.3) is 16.0 Å². The van der Waals surface area contributed by atoms with E-state index in [-0.39, 0.29) is 18.4 Å². The van der Waals surface area contributed by atoms with Crippen molar-refractivity contribution in [2.75, 3.05) is 30.9 Å². The van der Waals surface area contributed by atoms with Crippen molar-refractivity contribution >= 4 is 45.2 Å². The van der Waals surface area contributed by atoms with Crippen LogP contribution in [0.5, 0.6) is 0 Å². The summed E-state index contributed by atoms with van der Waals surface area (Å²) in [6.07, 6.45) is 0. The summed E-state index contributed by atoms with van der Waals surface area (Å²) in [7, 11) is 3.86. The molecule has 176 valence electrons. The minimum Gasteiger partial charge on any atom is -0.451 e. The van der Waals surface area contributed by atoms with Crippen LogP contribution in [0.2, 0.25) is 0 Å². The molecule has 0 unspecified atom stereocenters. The number of amides is 1. The number of carbonyl (C=O) groups excluding carboxylic acids is 2. The van der Waals surface area contributed by atoms with Gasteiger partial charge in [-0.05, 0) is 42.2 Å². The van der Waals surface area contributed by atoms with Crippen LogP contribution in [-0.4, -0.2) is 42.1 Å². The fraction of sp³-hybridized carbons (Fsp3) is 0.269. The van der Waals surface area contributed by atoms with Gasteiger partial charge in [0.2, 0.25) is 5.95 Å². The Bertz CT molecular complexity index is 1340. The molecule has 1 N–H and O–H groups in total. The number of aryl methyl sites for hydroxylation is 1. The highest BCUT2D eigenvalue weighted by molar-refractivity contribution is 7.20. The first-order chi connectivity index (χ1) is 16.3. The quantitative estimate of drug-likeness (QED) is 0.363. The number of imidazole rings is 1. The normalized spacial score (nSPS) is 11.1. The van der Waals surface area contributed by atoms with Crippen LogP contribution in [0.3, 0.4) is 0 Å². The van der Waals surface area contributed by atoms with Crippen LogP contribution < -0.4 is 10.2 Å². The molecule has 4 aromatic rings. The first-order valence-electron chi connectivity index (χ1n) is 11.1. The van der Waals surface area contributed by atoms with Crippen molar-refractivity contribution in [3.05, 3.63) is 70.6 Å². The zero-order valence-electron chi connectivity index (χ0n) is 20.0. The van der Waals surface area contributed by atoms with Crippen LogP contribution in [0, 0.1) is 6.92 Å². The van der Waals surface area contributed by atoms with Gasteiger partial charge in [0.15, 0.2) is 6.61 Å². The van der Waals surface area contributed by atoms with Gasteiger partial charge in [-0.15, -0.1) is 11.3 Å². The maximum absolute atomic E-state index is 12.7. The zero-order valence-corrected chi connectivity index (χ0v) is 20.8. The lowest BCUT2D eigenvalue weighted by Crippen LogP contribution is -2.22. The van der Waals surface area contributed by atoms with Crippen LogP contribution >= 0.6 is 11.3 Å². The molecule has 0 saturated heterocycles. The second-order valence-electron chi connectivity index (χ2n) is 8.60. The van der Waals surface area contributed by atoms with E-state index < -0.39 is 5.97 Å². The van der Waals surface area contributed by atoms with Gasteiger partial charge in [0.25, 0.3) is 5.91 Å². The number of anilines is 2. The SMILES string of the molecule is Cc1cccc(C(C)C)c1NC(=O)COC(=O)c1cc2nc(N(C)C)n(-c3ccccc3)c2s1. The number of esters is 1. The Hall–Kier alpha value is -3.65. The van der Waals surface area contributed by atoms with E-state index in [1.807, 2.05) is 79.0 Å². The molecule has 0 aliphatic heterocycles. The van der Waals surface area contributed by atoms with E-state index in [1.54, 1.807) is 6.07 Å². The first kappa shape index (κ1) is 23.5. The summed E-state index contributed by atoms with van der Waals surface area (Å²) >= 11 is 1.30. The summed E-state index contributed by atoms with van der Waals surface area (Å²) in [5.74, 6) is 0.114. The Labute approximate surface area is 203 Å². The molecule has 7 nitrogen and oxygen atoms in total. The molecule has 0 radical (unpaired) electrons. The Kier molecular flexibility index (Phi) is 6.70. The molecule has 8 heteroatoms. The molecule has 1 amide bonds. The predicted molar refractivity (Wildman–Crippen MR) is 137 cm³/mol. The number of nitrogens with one attached hydrogen (secondary N) is 1. The second-order valence-corrected chi connectivity index (χ2v) is 9.63. The number of thiophene rings is 1. The molecule has 0 atom stereocenters. The maximum Gasteiger partial charge on any atom is 0.348 e. The van der Waals surface area contributed by atoms with Crippen LogP contribution in [0.4, 0.5) is 11.6 Å². The lowest BCUT2D eigenvalue weighted by Gasteiger charge is -2.16. The molecular weight excluding hydrogens is 448 g/mol. The minimum absolute atomic E-state index is 0.256. The van der Waals surface area contributed by atoms with Gasteiger partial charge in [0.1, 0.15) is 15.2 Å². The largest absolute Gasteiger partial charge is 0.451 e. The van der Waals surface area contributed by atoms with Crippen molar-refractivity contribution in [1.29, 1.82) is 0 Å². The fourth-order valence-electron chi connectivity index (χ4n) is 3.79. The van der Waals surface area contributed by atoms with Crippen LogP contribution in [0.1, 0.15) is 40.6 Å². The number of nitrogens with zero attached hydrogens (tertiary/aromatic N) is 3. The summed E-state index contributed by atoms with van der Waals surface area (Å²) in [6, 6.07) is 17.5. The molecule has 2 aromatic heterocycles. The molecule has 2 heterocycles. The van der Waals surface area contributed by atoms with Crippen LogP contribution in [-0.2, 0) is 9.53 Å². The summed E-state index contributed by atoms with van der Waals surface area (Å²) in [6.45, 7) is 5.73. The Balaban J connectivity index is 1.51. The molecule has 0 saturated carbocycles. The van der Waals surface area contributed by atoms with E-state index in [0.29, 0.717) is 10.4 Å². The highest BCUT2D eigenvalue weighted by Gasteiger charge is 2.21. The molecule has 4 rings (SSSR count). The first-order valence-corrected chi connectivity index (χ1v) is 11.9. The third kappa shape index (κ3) is 4.68. The van der Waals surface area contributed by atoms with Gasteiger partial charge in [-0.1, -0.05) is 50.2 Å². The highest BCUT2D eigenvalue weighted by atomic mass is 32.1. The minimum atomic E-state index is -0.543. The fourth-order valence-corrected chi connectivity index (χ4v) is 4.80. The Morgan fingerprint density at radius 3 is 2.53 bits per heavy atom. The zero-order chi connectivity index (χ0) is 24.4. The number of fused-ring (bicyclic) bond motifs is 1. The number of para-hydroxylation sites is 2. The van der Waals surface area contributed by atoms with Crippen molar-refractivity contribution in [3.63, 3.8) is 0 Å². The summed E-state index contributed by atoms with van der Waals surface area (Å²) in [5, 5.41) is 2.90. The number of ether oxygens (including phenoxy) is 1. The van der Waals surface area contributed by atoms with Gasteiger partial charge in [-0.2, -0.15) is 0 Å². The number of hydrogen-bond acceptors (Lipinski definition) is 6. The maximum atomic E-state index is 12.7. The van der Waals surface area contributed by atoms with E-state index in [2.05, 4.69) is 19.2 Å². The topological polar surface area (TPSA) is 76.5 Å². The van der Waals surface area contributed by atoms with Gasteiger partial charge < -0.3 is 15.0 Å². The van der Waals surface area contributed by atoms with Crippen molar-refractivity contribution < 1.29 is 14.3 Å². The third-order valence-electron chi connectivity index (χ3n) is 5.46. The van der Waals surface area contributed by atoms with Gasteiger partial charge in [0.05, 0.1) is 0 Å². The van der Waals surface area contributed by atoms with Gasteiger partial charge in [-0.3, -0.25) is 9.36 Å². The van der Waals surface area contributed by atoms with Crippen molar-refractivity contribution in [1.82, 2.24) is 9.55 Å². The predicted octanol–water partition coefficient (Wildman–Crippen LogP) is 5.38. The monoisotopic (exact) mass is 476 g/mol. The van der Waals surface area contributed by atoms with E-state index in [0.717, 1.165) is 33.3 Å². The lowest BCUT2D eigenvalue weighted by molar-refractivity contribution is -0.119. The third-order valence-corrected chi connectivity index (χ3v) is 6.55. The summed E-state index contributed by atoms with van der Waals surface area (Å²) in [5.41, 5.74) is 4.45. The number of rotatable bonds is 7. The molecule has 0 spiro atoms. The van der Waals surface area contributed by atoms with E-state index in [1.165, 1.54) is 11.3 Å². The molecule has 34 heavy (non-hydrogen) atoms. The van der Waals surface area contributed by atoms with Crippen molar-refractivity contribution in [3.8, 4) is 5.69 Å². The van der Waals surface area contributed by atoms with E-state index in [4.69, 9.17) is 9.72 Å². The average Bonchev–Trinajstić information content (AvgIpc) is 3.37. The lowest BCUT2D eigenvalue weighted by atomic mass is 9.98. The van der Waals surface area contributed by atoms with E-state index in [9.17, 15) is 9.59 Å². The molecular formula is C26H28N4O3S. The molecule has 2 aromatic carbocycles. The van der Waals surface area contributed by atoms with Gasteiger partial charge in [0, 0.05) is 25.5 Å².